The summed E-state index contributed by atoms with van der Waals surface area (Å²) in [5.41, 5.74) is 5.77. The number of nitriles is 2. The minimum absolute atomic E-state index is 0.0570. The predicted octanol–water partition coefficient (Wildman–Crippen LogP) is 1.35. The van der Waals surface area contributed by atoms with Gasteiger partial charge < -0.3 is 5.73 Å². The third-order valence-corrected chi connectivity index (χ3v) is 1.66. The Kier molecular flexibility index (Phi) is 2.47. The van der Waals surface area contributed by atoms with E-state index in [2.05, 4.69) is 0 Å². The number of nitrogens with two attached hydrogens (primary N) is 1. The lowest BCUT2D eigenvalue weighted by molar-refractivity contribution is 0.615. The summed E-state index contributed by atoms with van der Waals surface area (Å²) >= 11 is 0. The number of hydrogen-bond acceptors (Lipinski definition) is 3. The lowest BCUT2D eigenvalue weighted by Gasteiger charge is -2.03. The predicted molar refractivity (Wildman–Crippen MR) is 44.8 cm³/mol. The maximum Gasteiger partial charge on any atom is 0.128 e. The second-order valence-electron chi connectivity index (χ2n) is 2.44. The van der Waals surface area contributed by atoms with Gasteiger partial charge in [-0.15, -0.1) is 0 Å². The molecule has 1 aromatic carbocycles. The van der Waals surface area contributed by atoms with Crippen LogP contribution in [0.15, 0.2) is 12.1 Å². The van der Waals surface area contributed by atoms with E-state index in [1.807, 2.05) is 0 Å². The molecule has 0 spiro atoms. The Hall–Kier alpha value is -2.07. The van der Waals surface area contributed by atoms with Crippen LogP contribution in [-0.2, 0) is 6.42 Å². The van der Waals surface area contributed by atoms with E-state index in [1.165, 1.54) is 6.07 Å². The van der Waals surface area contributed by atoms with E-state index in [4.69, 9.17) is 16.3 Å². The molecule has 0 aliphatic heterocycles. The Morgan fingerprint density at radius 1 is 1.38 bits per heavy atom. The molecule has 0 heterocycles. The van der Waals surface area contributed by atoms with Gasteiger partial charge in [-0.1, -0.05) is 0 Å². The van der Waals surface area contributed by atoms with E-state index >= 15 is 0 Å². The van der Waals surface area contributed by atoms with E-state index in [1.54, 1.807) is 12.1 Å². The van der Waals surface area contributed by atoms with Crippen molar-refractivity contribution in [3.8, 4) is 12.1 Å². The molecule has 4 heteroatoms. The SMILES string of the molecule is N#CCc1c(F)ccc(N)c1C#N. The van der Waals surface area contributed by atoms with Gasteiger partial charge in [0.15, 0.2) is 0 Å². The quantitative estimate of drug-likeness (QED) is 0.654. The Bertz CT molecular complexity index is 412. The summed E-state index contributed by atoms with van der Waals surface area (Å²) in [5.74, 6) is -0.563. The third kappa shape index (κ3) is 1.57. The van der Waals surface area contributed by atoms with Crippen LogP contribution in [0.1, 0.15) is 11.1 Å². The highest BCUT2D eigenvalue weighted by Gasteiger charge is 2.10. The van der Waals surface area contributed by atoms with Crippen molar-refractivity contribution in [1.29, 1.82) is 10.5 Å². The highest BCUT2D eigenvalue weighted by atomic mass is 19.1. The molecule has 3 nitrogen and oxygen atoms in total. The maximum absolute atomic E-state index is 13.0. The fraction of sp³-hybridized carbons (Fsp3) is 0.111. The molecule has 0 bridgehead atoms. The zero-order valence-electron chi connectivity index (χ0n) is 6.71. The van der Waals surface area contributed by atoms with Crippen LogP contribution >= 0.6 is 0 Å². The van der Waals surface area contributed by atoms with Crippen molar-refractivity contribution < 1.29 is 4.39 Å². The van der Waals surface area contributed by atoms with Crippen LogP contribution in [0.2, 0.25) is 0 Å². The summed E-state index contributed by atoms with van der Waals surface area (Å²) in [6.07, 6.45) is -0.139. The molecule has 1 rings (SSSR count). The highest BCUT2D eigenvalue weighted by molar-refractivity contribution is 5.58. The van der Waals surface area contributed by atoms with Crippen molar-refractivity contribution in [2.75, 3.05) is 5.73 Å². The van der Waals surface area contributed by atoms with Gasteiger partial charge in [-0.2, -0.15) is 10.5 Å². The average Bonchev–Trinajstić information content (AvgIpc) is 2.12. The normalized spacial score (nSPS) is 8.85. The topological polar surface area (TPSA) is 73.6 Å². The van der Waals surface area contributed by atoms with Crippen LogP contribution in [0.4, 0.5) is 10.1 Å². The second kappa shape index (κ2) is 3.55. The van der Waals surface area contributed by atoms with Crippen LogP contribution in [0.5, 0.6) is 0 Å². The summed E-state index contributed by atoms with van der Waals surface area (Å²) < 4.78 is 13.0. The molecule has 0 aliphatic rings. The minimum atomic E-state index is -0.563. The first-order valence-electron chi connectivity index (χ1n) is 3.54. The number of anilines is 1. The van der Waals surface area contributed by atoms with Crippen LogP contribution in [0, 0.1) is 28.5 Å². The van der Waals surface area contributed by atoms with Crippen LogP contribution in [0.3, 0.4) is 0 Å². The number of halogens is 1. The van der Waals surface area contributed by atoms with Gasteiger partial charge in [0.25, 0.3) is 0 Å². The molecule has 0 amide bonds. The molecule has 0 atom stereocenters. The number of nitrogens with zero attached hydrogens (tertiary/aromatic N) is 2. The molecule has 64 valence electrons. The summed E-state index contributed by atoms with van der Waals surface area (Å²) in [4.78, 5) is 0. The Labute approximate surface area is 74.8 Å². The highest BCUT2D eigenvalue weighted by Crippen LogP contribution is 2.19. The first-order chi connectivity index (χ1) is 6.20. The van der Waals surface area contributed by atoms with E-state index in [0.717, 1.165) is 6.07 Å². The lowest BCUT2D eigenvalue weighted by Crippen LogP contribution is -1.99. The monoisotopic (exact) mass is 175 g/mol. The number of hydrogen-bond donors (Lipinski definition) is 1. The zero-order valence-corrected chi connectivity index (χ0v) is 6.71. The van der Waals surface area contributed by atoms with E-state index in [9.17, 15) is 4.39 Å². The van der Waals surface area contributed by atoms with Crippen molar-refractivity contribution in [3.63, 3.8) is 0 Å². The molecular weight excluding hydrogens is 169 g/mol. The molecule has 13 heavy (non-hydrogen) atoms. The van der Waals surface area contributed by atoms with Gasteiger partial charge >= 0.3 is 0 Å². The summed E-state index contributed by atoms with van der Waals surface area (Å²) in [5, 5.41) is 17.0. The lowest BCUT2D eigenvalue weighted by atomic mass is 10.0. The first-order valence-corrected chi connectivity index (χ1v) is 3.54. The van der Waals surface area contributed by atoms with E-state index in [0.29, 0.717) is 0 Å². The van der Waals surface area contributed by atoms with Crippen LogP contribution in [-0.4, -0.2) is 0 Å². The standard InChI is InChI=1S/C9H6FN3/c10-8-1-2-9(13)7(5-12)6(8)3-4-11/h1-2H,3,13H2. The molecule has 2 N–H and O–H groups in total. The van der Waals surface area contributed by atoms with Crippen molar-refractivity contribution in [3.05, 3.63) is 29.1 Å². The third-order valence-electron chi connectivity index (χ3n) is 1.66. The zero-order chi connectivity index (χ0) is 9.84. The molecule has 0 radical (unpaired) electrons. The number of rotatable bonds is 1. The van der Waals surface area contributed by atoms with Gasteiger partial charge in [-0.05, 0) is 12.1 Å². The van der Waals surface area contributed by atoms with Crippen molar-refractivity contribution in [1.82, 2.24) is 0 Å². The largest absolute Gasteiger partial charge is 0.398 e. The average molecular weight is 175 g/mol. The van der Waals surface area contributed by atoms with Crippen LogP contribution in [0.25, 0.3) is 0 Å². The Morgan fingerprint density at radius 2 is 2.08 bits per heavy atom. The van der Waals surface area contributed by atoms with Crippen molar-refractivity contribution in [2.45, 2.75) is 6.42 Å². The van der Waals surface area contributed by atoms with Crippen molar-refractivity contribution >= 4 is 5.69 Å². The summed E-state index contributed by atoms with van der Waals surface area (Å²) in [6, 6.07) is 6.02. The molecule has 0 aliphatic carbocycles. The smallest absolute Gasteiger partial charge is 0.128 e. The van der Waals surface area contributed by atoms with E-state index < -0.39 is 5.82 Å². The summed E-state index contributed by atoms with van der Waals surface area (Å²) in [6.45, 7) is 0. The first kappa shape index (κ1) is 9.02. The molecule has 0 unspecified atom stereocenters. The molecular formula is C9H6FN3. The fourth-order valence-corrected chi connectivity index (χ4v) is 1.02. The van der Waals surface area contributed by atoms with Gasteiger partial charge in [-0.25, -0.2) is 4.39 Å². The second-order valence-corrected chi connectivity index (χ2v) is 2.44. The maximum atomic E-state index is 13.0. The molecule has 0 fully saturated rings. The van der Waals surface area contributed by atoms with Gasteiger partial charge in [-0.3, -0.25) is 0 Å². The van der Waals surface area contributed by atoms with Gasteiger partial charge in [0, 0.05) is 11.3 Å². The molecule has 0 aromatic heterocycles. The van der Waals surface area contributed by atoms with Gasteiger partial charge in [0.1, 0.15) is 11.9 Å². The van der Waals surface area contributed by atoms with Crippen molar-refractivity contribution in [2.24, 2.45) is 0 Å². The fourth-order valence-electron chi connectivity index (χ4n) is 1.02. The van der Waals surface area contributed by atoms with Gasteiger partial charge in [0.05, 0.1) is 18.1 Å². The number of benzene rings is 1. The van der Waals surface area contributed by atoms with Crippen LogP contribution < -0.4 is 5.73 Å². The minimum Gasteiger partial charge on any atom is -0.398 e. The van der Waals surface area contributed by atoms with Gasteiger partial charge in [0.2, 0.25) is 0 Å². The Morgan fingerprint density at radius 3 is 2.62 bits per heavy atom. The molecule has 0 saturated carbocycles. The Balaban J connectivity index is 3.39. The molecule has 1 aromatic rings. The number of nitrogen functional groups attached to an aromatic ring is 1. The van der Waals surface area contributed by atoms with E-state index in [-0.39, 0.29) is 23.2 Å². The molecule has 0 saturated heterocycles. The summed E-state index contributed by atoms with van der Waals surface area (Å²) in [7, 11) is 0.